The van der Waals surface area contributed by atoms with Gasteiger partial charge in [0.05, 0.1) is 0 Å². The molecule has 0 unspecified atom stereocenters. The quantitative estimate of drug-likeness (QED) is 0.662. The Kier molecular flexibility index (Phi) is 5.59. The molecule has 2 rings (SSSR count). The van der Waals surface area contributed by atoms with Crippen molar-refractivity contribution in [2.45, 2.75) is 44.6 Å². The number of amides is 2. The van der Waals surface area contributed by atoms with Crippen molar-refractivity contribution in [3.05, 3.63) is 18.2 Å². The maximum absolute atomic E-state index is 12.2. The number of hydrogen-bond acceptors (Lipinski definition) is 3. The molecule has 1 fully saturated rings. The third kappa shape index (κ3) is 4.77. The second kappa shape index (κ2) is 7.66. The van der Waals surface area contributed by atoms with Gasteiger partial charge in [-0.15, -0.1) is 0 Å². The zero-order valence-electron chi connectivity index (χ0n) is 12.0. The second-order valence-electron chi connectivity index (χ2n) is 5.33. The van der Waals surface area contributed by atoms with E-state index in [2.05, 4.69) is 15.3 Å². The summed E-state index contributed by atoms with van der Waals surface area (Å²) in [5.41, 5.74) is 0. The van der Waals surface area contributed by atoms with Gasteiger partial charge in [-0.1, -0.05) is 12.8 Å². The number of rotatable bonds is 7. The number of carboxylic acid groups (broad SMARTS) is 1. The highest BCUT2D eigenvalue weighted by Gasteiger charge is 2.27. The molecule has 0 spiro atoms. The summed E-state index contributed by atoms with van der Waals surface area (Å²) in [5.74, 6) is -0.0740. The van der Waals surface area contributed by atoms with Gasteiger partial charge in [-0.05, 0) is 19.3 Å². The van der Waals surface area contributed by atoms with Crippen LogP contribution in [0.15, 0.2) is 12.4 Å². The summed E-state index contributed by atoms with van der Waals surface area (Å²) in [4.78, 5) is 31.7. The van der Waals surface area contributed by atoms with Gasteiger partial charge in [0.25, 0.3) is 0 Å². The fourth-order valence-corrected chi connectivity index (χ4v) is 2.72. The average molecular weight is 294 g/mol. The van der Waals surface area contributed by atoms with Crippen LogP contribution >= 0.6 is 0 Å². The maximum atomic E-state index is 12.2. The minimum absolute atomic E-state index is 0.0613. The minimum atomic E-state index is -0.965. The Morgan fingerprint density at radius 3 is 2.81 bits per heavy atom. The number of aliphatic carboxylic acids is 1. The van der Waals surface area contributed by atoms with Crippen LogP contribution in [0.25, 0.3) is 0 Å². The van der Waals surface area contributed by atoms with E-state index >= 15 is 0 Å². The summed E-state index contributed by atoms with van der Waals surface area (Å²) in [6, 6.07) is -0.213. The van der Waals surface area contributed by atoms with Gasteiger partial charge in [0.15, 0.2) is 0 Å². The highest BCUT2D eigenvalue weighted by molar-refractivity contribution is 5.80. The Morgan fingerprint density at radius 2 is 2.19 bits per heavy atom. The van der Waals surface area contributed by atoms with E-state index in [4.69, 9.17) is 5.11 Å². The Morgan fingerprint density at radius 1 is 1.43 bits per heavy atom. The second-order valence-corrected chi connectivity index (χ2v) is 5.33. The molecule has 116 valence electrons. The summed E-state index contributed by atoms with van der Waals surface area (Å²) in [5, 5.41) is 11.8. The van der Waals surface area contributed by atoms with Gasteiger partial charge < -0.3 is 20.3 Å². The fourth-order valence-electron chi connectivity index (χ4n) is 2.72. The van der Waals surface area contributed by atoms with Gasteiger partial charge in [0.2, 0.25) is 0 Å². The monoisotopic (exact) mass is 294 g/mol. The zero-order valence-corrected chi connectivity index (χ0v) is 12.0. The van der Waals surface area contributed by atoms with Crippen molar-refractivity contribution in [3.8, 4) is 0 Å². The molecule has 3 N–H and O–H groups in total. The molecule has 1 aromatic heterocycles. The lowest BCUT2D eigenvalue weighted by atomic mass is 10.2. The van der Waals surface area contributed by atoms with Gasteiger partial charge in [-0.25, -0.2) is 9.78 Å². The molecular weight excluding hydrogens is 272 g/mol. The Balaban J connectivity index is 1.76. The normalized spacial score (nSPS) is 15.0. The first kappa shape index (κ1) is 15.3. The van der Waals surface area contributed by atoms with Crippen molar-refractivity contribution in [2.24, 2.45) is 0 Å². The molecule has 2 amide bonds. The predicted octanol–water partition coefficient (Wildman–Crippen LogP) is 1.38. The number of carboxylic acids is 1. The van der Waals surface area contributed by atoms with Crippen LogP contribution in [0.1, 0.15) is 37.9 Å². The molecule has 0 aliphatic heterocycles. The largest absolute Gasteiger partial charge is 0.480 e. The van der Waals surface area contributed by atoms with Gasteiger partial charge in [-0.3, -0.25) is 4.79 Å². The summed E-state index contributed by atoms with van der Waals surface area (Å²) in [7, 11) is 0. The lowest BCUT2D eigenvalue weighted by molar-refractivity contribution is -0.138. The van der Waals surface area contributed by atoms with Crippen LogP contribution in [0.4, 0.5) is 4.79 Å². The average Bonchev–Trinajstić information content (AvgIpc) is 3.13. The summed E-state index contributed by atoms with van der Waals surface area (Å²) < 4.78 is 0. The first-order chi connectivity index (χ1) is 10.2. The molecule has 1 heterocycles. The lowest BCUT2D eigenvalue weighted by Gasteiger charge is -2.27. The number of hydrogen-bond donors (Lipinski definition) is 3. The van der Waals surface area contributed by atoms with Crippen molar-refractivity contribution < 1.29 is 14.7 Å². The zero-order chi connectivity index (χ0) is 15.1. The molecule has 0 aromatic carbocycles. The van der Waals surface area contributed by atoms with Crippen LogP contribution in [0.3, 0.4) is 0 Å². The molecule has 0 atom stereocenters. The number of H-pyrrole nitrogens is 1. The van der Waals surface area contributed by atoms with Crippen LogP contribution in [0.5, 0.6) is 0 Å². The summed E-state index contributed by atoms with van der Waals surface area (Å²) in [6.45, 7) is 0.289. The lowest BCUT2D eigenvalue weighted by Crippen LogP contribution is -2.47. The van der Waals surface area contributed by atoms with E-state index in [-0.39, 0.29) is 18.6 Å². The number of aromatic nitrogens is 2. The van der Waals surface area contributed by atoms with Gasteiger partial charge >= 0.3 is 12.0 Å². The van der Waals surface area contributed by atoms with E-state index in [9.17, 15) is 9.59 Å². The van der Waals surface area contributed by atoms with Crippen LogP contribution in [-0.4, -0.2) is 51.1 Å². The van der Waals surface area contributed by atoms with E-state index < -0.39 is 5.97 Å². The van der Waals surface area contributed by atoms with Crippen molar-refractivity contribution in [2.75, 3.05) is 13.1 Å². The van der Waals surface area contributed by atoms with Crippen molar-refractivity contribution in [1.82, 2.24) is 20.2 Å². The molecule has 0 saturated heterocycles. The maximum Gasteiger partial charge on any atom is 0.323 e. The van der Waals surface area contributed by atoms with Gasteiger partial charge in [0.1, 0.15) is 12.4 Å². The van der Waals surface area contributed by atoms with E-state index in [1.807, 2.05) is 0 Å². The molecule has 1 saturated carbocycles. The molecule has 7 nitrogen and oxygen atoms in total. The molecule has 1 aliphatic carbocycles. The molecule has 0 radical (unpaired) electrons. The molecule has 21 heavy (non-hydrogen) atoms. The predicted molar refractivity (Wildman–Crippen MR) is 76.9 cm³/mol. The number of imidazole rings is 1. The first-order valence-electron chi connectivity index (χ1n) is 7.41. The SMILES string of the molecule is O=C(O)CN(C(=O)NCCCc1ncc[nH]1)C1CCCC1. The van der Waals surface area contributed by atoms with E-state index in [0.29, 0.717) is 6.54 Å². The van der Waals surface area contributed by atoms with E-state index in [1.54, 1.807) is 12.4 Å². The van der Waals surface area contributed by atoms with Gasteiger partial charge in [-0.2, -0.15) is 0 Å². The molecule has 0 bridgehead atoms. The third-order valence-electron chi connectivity index (χ3n) is 3.75. The minimum Gasteiger partial charge on any atom is -0.480 e. The smallest absolute Gasteiger partial charge is 0.323 e. The fraction of sp³-hybridized carbons (Fsp3) is 0.643. The molecule has 1 aromatic rings. The number of carbonyl (C=O) groups is 2. The van der Waals surface area contributed by atoms with Crippen LogP contribution in [0.2, 0.25) is 0 Å². The Labute approximate surface area is 123 Å². The molecule has 7 heteroatoms. The number of nitrogens with zero attached hydrogens (tertiary/aromatic N) is 2. The Bertz CT molecular complexity index is 455. The number of urea groups is 1. The van der Waals surface area contributed by atoms with Crippen LogP contribution < -0.4 is 5.32 Å². The highest BCUT2D eigenvalue weighted by Crippen LogP contribution is 2.23. The first-order valence-corrected chi connectivity index (χ1v) is 7.41. The van der Waals surface area contributed by atoms with Crippen molar-refractivity contribution in [3.63, 3.8) is 0 Å². The van der Waals surface area contributed by atoms with Crippen molar-refractivity contribution in [1.29, 1.82) is 0 Å². The third-order valence-corrected chi connectivity index (χ3v) is 3.75. The topological polar surface area (TPSA) is 98.3 Å². The number of nitrogens with one attached hydrogen (secondary N) is 2. The van der Waals surface area contributed by atoms with E-state index in [1.165, 1.54) is 4.90 Å². The standard InChI is InChI=1S/C14H22N4O3/c19-13(20)10-18(11-4-1-2-5-11)14(21)17-7-3-6-12-15-8-9-16-12/h8-9,11H,1-7,10H2,(H,15,16)(H,17,21)(H,19,20). The van der Waals surface area contributed by atoms with Crippen LogP contribution in [0, 0.1) is 0 Å². The number of aryl methyl sites for hydroxylation is 1. The Hall–Kier alpha value is -2.05. The number of carbonyl (C=O) groups excluding carboxylic acids is 1. The van der Waals surface area contributed by atoms with Crippen molar-refractivity contribution >= 4 is 12.0 Å². The van der Waals surface area contributed by atoms with Gasteiger partial charge in [0, 0.05) is 31.4 Å². The highest BCUT2D eigenvalue weighted by atomic mass is 16.4. The molecular formula is C14H22N4O3. The molecule has 1 aliphatic rings. The van der Waals surface area contributed by atoms with Crippen LogP contribution in [-0.2, 0) is 11.2 Å². The van der Waals surface area contributed by atoms with E-state index in [0.717, 1.165) is 44.3 Å². The summed E-state index contributed by atoms with van der Waals surface area (Å²) in [6.07, 6.45) is 8.91. The number of aromatic amines is 1. The summed E-state index contributed by atoms with van der Waals surface area (Å²) >= 11 is 0.